The van der Waals surface area contributed by atoms with E-state index in [1.165, 1.54) is 5.56 Å². The molecule has 0 radical (unpaired) electrons. The number of aryl methyl sites for hydroxylation is 2. The van der Waals surface area contributed by atoms with Gasteiger partial charge in [0, 0.05) is 11.8 Å². The van der Waals surface area contributed by atoms with Crippen molar-refractivity contribution in [2.24, 2.45) is 0 Å². The van der Waals surface area contributed by atoms with Crippen LogP contribution in [-0.2, 0) is 5.88 Å². The molecule has 0 amide bonds. The second-order valence-electron chi connectivity index (χ2n) is 4.36. The van der Waals surface area contributed by atoms with Crippen molar-refractivity contribution in [2.75, 3.05) is 0 Å². The van der Waals surface area contributed by atoms with Gasteiger partial charge in [-0.05, 0) is 38.0 Å². The lowest BCUT2D eigenvalue weighted by Crippen LogP contribution is -2.18. The Balaban J connectivity index is 2.71. The number of alkyl halides is 1. The van der Waals surface area contributed by atoms with Crippen LogP contribution in [0.1, 0.15) is 22.5 Å². The molecule has 1 aromatic heterocycles. The minimum absolute atomic E-state index is 0.107. The van der Waals surface area contributed by atoms with E-state index in [1.54, 1.807) is 10.7 Å². The molecule has 0 N–H and O–H groups in total. The third kappa shape index (κ3) is 2.18. The van der Waals surface area contributed by atoms with Gasteiger partial charge in [-0.15, -0.1) is 11.6 Å². The molecule has 0 aliphatic heterocycles. The number of benzene rings is 1. The molecule has 0 fully saturated rings. The van der Waals surface area contributed by atoms with E-state index >= 15 is 0 Å². The zero-order valence-corrected chi connectivity index (χ0v) is 11.5. The van der Waals surface area contributed by atoms with Crippen molar-refractivity contribution in [1.82, 2.24) is 9.78 Å². The van der Waals surface area contributed by atoms with E-state index in [4.69, 9.17) is 11.6 Å². The van der Waals surface area contributed by atoms with Gasteiger partial charge in [0.1, 0.15) is 5.69 Å². The van der Waals surface area contributed by atoms with Crippen LogP contribution < -0.4 is 5.43 Å². The predicted molar refractivity (Wildman–Crippen MR) is 73.6 cm³/mol. The maximum Gasteiger partial charge on any atom is 0.204 e. The first kappa shape index (κ1) is 12.8. The molecular weight excluding hydrogens is 248 g/mol. The summed E-state index contributed by atoms with van der Waals surface area (Å²) in [6.45, 7) is 5.97. The highest BCUT2D eigenvalue weighted by atomic mass is 35.5. The van der Waals surface area contributed by atoms with Crippen molar-refractivity contribution in [3.63, 3.8) is 0 Å². The van der Waals surface area contributed by atoms with Gasteiger partial charge in [-0.3, -0.25) is 4.79 Å². The van der Waals surface area contributed by atoms with Gasteiger partial charge in [0.25, 0.3) is 0 Å². The molecule has 94 valence electrons. The molecule has 0 spiro atoms. The Morgan fingerprint density at radius 3 is 2.67 bits per heavy atom. The first-order chi connectivity index (χ1) is 8.54. The van der Waals surface area contributed by atoms with Crippen LogP contribution in [0.5, 0.6) is 0 Å². The molecule has 0 unspecified atom stereocenters. The Bertz CT molecular complexity index is 647. The first-order valence-electron chi connectivity index (χ1n) is 5.77. The molecule has 4 heteroatoms. The van der Waals surface area contributed by atoms with Crippen LogP contribution in [0.4, 0.5) is 0 Å². The lowest BCUT2D eigenvalue weighted by molar-refractivity contribution is 0.767. The third-order valence-corrected chi connectivity index (χ3v) is 3.36. The van der Waals surface area contributed by atoms with Crippen LogP contribution in [0, 0.1) is 20.8 Å². The smallest absolute Gasteiger partial charge is 0.204 e. The molecule has 1 heterocycles. The maximum atomic E-state index is 11.6. The second kappa shape index (κ2) is 4.94. The average molecular weight is 263 g/mol. The number of rotatable bonds is 2. The molecule has 2 aromatic rings. The zero-order chi connectivity index (χ0) is 13.3. The monoisotopic (exact) mass is 262 g/mol. The van der Waals surface area contributed by atoms with Crippen LogP contribution in [0.15, 0.2) is 29.1 Å². The van der Waals surface area contributed by atoms with E-state index in [1.807, 2.05) is 26.0 Å². The van der Waals surface area contributed by atoms with Gasteiger partial charge in [0.15, 0.2) is 0 Å². The van der Waals surface area contributed by atoms with Crippen molar-refractivity contribution in [1.29, 1.82) is 0 Å². The molecule has 0 aliphatic carbocycles. The number of hydrogen-bond donors (Lipinski definition) is 0. The molecule has 2 rings (SSSR count). The number of hydrogen-bond acceptors (Lipinski definition) is 2. The Morgan fingerprint density at radius 2 is 2.00 bits per heavy atom. The topological polar surface area (TPSA) is 34.9 Å². The quantitative estimate of drug-likeness (QED) is 0.780. The van der Waals surface area contributed by atoms with Gasteiger partial charge >= 0.3 is 0 Å². The average Bonchev–Trinajstić information content (AvgIpc) is 2.34. The van der Waals surface area contributed by atoms with Crippen molar-refractivity contribution in [2.45, 2.75) is 26.7 Å². The minimum atomic E-state index is -0.107. The standard InChI is InChI=1S/C14H15ClN2O/c1-9-5-4-6-13(11(9)3)17-10(2)7-14(18)12(8-15)16-17/h4-7H,8H2,1-3H3. The summed E-state index contributed by atoms with van der Waals surface area (Å²) >= 11 is 5.74. The van der Waals surface area contributed by atoms with Crippen molar-refractivity contribution in [3.8, 4) is 5.69 Å². The summed E-state index contributed by atoms with van der Waals surface area (Å²) in [5.74, 6) is 0.129. The normalized spacial score (nSPS) is 10.7. The maximum absolute atomic E-state index is 11.6. The summed E-state index contributed by atoms with van der Waals surface area (Å²) in [6, 6.07) is 7.60. The lowest BCUT2D eigenvalue weighted by Gasteiger charge is -2.14. The molecule has 0 atom stereocenters. The van der Waals surface area contributed by atoms with Crippen molar-refractivity contribution in [3.05, 3.63) is 57.0 Å². The van der Waals surface area contributed by atoms with Gasteiger partial charge in [-0.2, -0.15) is 5.10 Å². The fourth-order valence-electron chi connectivity index (χ4n) is 1.88. The molecule has 0 saturated heterocycles. The van der Waals surface area contributed by atoms with Gasteiger partial charge in [-0.25, -0.2) is 4.68 Å². The van der Waals surface area contributed by atoms with E-state index < -0.39 is 0 Å². The molecule has 3 nitrogen and oxygen atoms in total. The number of nitrogens with zero attached hydrogens (tertiary/aromatic N) is 2. The highest BCUT2D eigenvalue weighted by Gasteiger charge is 2.09. The second-order valence-corrected chi connectivity index (χ2v) is 4.63. The Hall–Kier alpha value is -1.61. The fourth-order valence-corrected chi connectivity index (χ4v) is 2.07. The van der Waals surface area contributed by atoms with Gasteiger partial charge in [-0.1, -0.05) is 12.1 Å². The van der Waals surface area contributed by atoms with Gasteiger partial charge in [0.2, 0.25) is 5.43 Å². The predicted octanol–water partition coefficient (Wildman–Crippen LogP) is 2.90. The highest BCUT2D eigenvalue weighted by Crippen LogP contribution is 2.17. The van der Waals surface area contributed by atoms with Crippen LogP contribution >= 0.6 is 11.6 Å². The first-order valence-corrected chi connectivity index (χ1v) is 6.30. The van der Waals surface area contributed by atoms with E-state index in [0.29, 0.717) is 5.69 Å². The molecule has 18 heavy (non-hydrogen) atoms. The van der Waals surface area contributed by atoms with Gasteiger partial charge in [0.05, 0.1) is 11.6 Å². The minimum Gasteiger partial charge on any atom is -0.288 e. The van der Waals surface area contributed by atoms with Crippen LogP contribution in [0.25, 0.3) is 5.69 Å². The lowest BCUT2D eigenvalue weighted by atomic mass is 10.1. The third-order valence-electron chi connectivity index (χ3n) is 3.11. The molecular formula is C14H15ClN2O. The molecule has 0 saturated carbocycles. The van der Waals surface area contributed by atoms with Crippen LogP contribution in [-0.4, -0.2) is 9.78 Å². The van der Waals surface area contributed by atoms with Crippen LogP contribution in [0.2, 0.25) is 0 Å². The largest absolute Gasteiger partial charge is 0.288 e. The summed E-state index contributed by atoms with van der Waals surface area (Å²) in [5, 5.41) is 4.33. The van der Waals surface area contributed by atoms with Crippen molar-refractivity contribution < 1.29 is 0 Å². The number of halogens is 1. The summed E-state index contributed by atoms with van der Waals surface area (Å²) in [5.41, 5.74) is 4.41. The van der Waals surface area contributed by atoms with E-state index in [-0.39, 0.29) is 11.3 Å². The summed E-state index contributed by atoms with van der Waals surface area (Å²) in [6.07, 6.45) is 0. The van der Waals surface area contributed by atoms with E-state index in [0.717, 1.165) is 16.9 Å². The van der Waals surface area contributed by atoms with Gasteiger partial charge < -0.3 is 0 Å². The summed E-state index contributed by atoms with van der Waals surface area (Å²) in [4.78, 5) is 11.6. The Kier molecular flexibility index (Phi) is 3.53. The van der Waals surface area contributed by atoms with E-state index in [2.05, 4.69) is 18.1 Å². The molecule has 0 aliphatic rings. The van der Waals surface area contributed by atoms with Crippen LogP contribution in [0.3, 0.4) is 0 Å². The zero-order valence-electron chi connectivity index (χ0n) is 10.7. The highest BCUT2D eigenvalue weighted by molar-refractivity contribution is 6.16. The SMILES string of the molecule is Cc1cccc(-n2nc(CCl)c(=O)cc2C)c1C. The fraction of sp³-hybridized carbons (Fsp3) is 0.286. The summed E-state index contributed by atoms with van der Waals surface area (Å²) in [7, 11) is 0. The molecule has 1 aromatic carbocycles. The van der Waals surface area contributed by atoms with E-state index in [9.17, 15) is 4.79 Å². The summed E-state index contributed by atoms with van der Waals surface area (Å²) < 4.78 is 1.78. The number of aromatic nitrogens is 2. The Morgan fingerprint density at radius 1 is 1.28 bits per heavy atom. The Labute approximate surface area is 111 Å². The van der Waals surface area contributed by atoms with Crippen molar-refractivity contribution >= 4 is 11.6 Å². The molecule has 0 bridgehead atoms.